The summed E-state index contributed by atoms with van der Waals surface area (Å²) in [6.45, 7) is 0. The van der Waals surface area contributed by atoms with Crippen molar-refractivity contribution in [3.05, 3.63) is 35.4 Å². The van der Waals surface area contributed by atoms with Crippen molar-refractivity contribution in [1.82, 2.24) is 0 Å². The van der Waals surface area contributed by atoms with Crippen LogP contribution in [0.4, 0.5) is 13.2 Å². The second kappa shape index (κ2) is 4.66. The molecule has 15 heavy (non-hydrogen) atoms. The summed E-state index contributed by atoms with van der Waals surface area (Å²) in [5.41, 5.74) is -0.770. The lowest BCUT2D eigenvalue weighted by atomic mass is 10.1. The molecule has 0 aliphatic carbocycles. The molecule has 0 aromatic heterocycles. The fraction of sp³-hybridized carbons (Fsp3) is 0.300. The summed E-state index contributed by atoms with van der Waals surface area (Å²) in [7, 11) is 0. The average molecular weight is 237 g/mol. The molecule has 0 fully saturated rings. The van der Waals surface area contributed by atoms with Crippen molar-refractivity contribution in [1.29, 1.82) is 0 Å². The van der Waals surface area contributed by atoms with Gasteiger partial charge in [-0.2, -0.15) is 13.2 Å². The average Bonchev–Trinajstić information content (AvgIpc) is 2.17. The molecular weight excluding hydrogens is 229 g/mol. The molecule has 0 aliphatic heterocycles. The zero-order chi connectivity index (χ0) is 11.5. The smallest absolute Gasteiger partial charge is 0.294 e. The zero-order valence-corrected chi connectivity index (χ0v) is 8.40. The van der Waals surface area contributed by atoms with Crippen LogP contribution in [-0.2, 0) is 6.18 Å². The van der Waals surface area contributed by atoms with Crippen LogP contribution in [0.5, 0.6) is 0 Å². The molecule has 0 aliphatic rings. The number of alkyl halides is 4. The quantitative estimate of drug-likeness (QED) is 0.580. The van der Waals surface area contributed by atoms with Crippen LogP contribution in [0.15, 0.2) is 24.3 Å². The maximum absolute atomic E-state index is 12.3. The Balaban J connectivity index is 2.98. The molecule has 0 saturated heterocycles. The highest BCUT2D eigenvalue weighted by Crippen LogP contribution is 2.29. The van der Waals surface area contributed by atoms with Crippen LogP contribution >= 0.6 is 11.6 Å². The van der Waals surface area contributed by atoms with Crippen molar-refractivity contribution in [2.75, 3.05) is 5.88 Å². The van der Waals surface area contributed by atoms with Gasteiger partial charge in [-0.15, -0.1) is 11.6 Å². The number of hydrogen-bond donors (Lipinski definition) is 0. The van der Waals surface area contributed by atoms with Crippen LogP contribution in [0.1, 0.15) is 22.3 Å². The standard InChI is InChI=1S/C10H8ClF3O/c11-5-4-9(15)7-2-1-3-8(6-7)10(12,13)14/h1-3,6H,4-5H2. The molecule has 0 bridgehead atoms. The Morgan fingerprint density at radius 2 is 2.00 bits per heavy atom. The summed E-state index contributed by atoms with van der Waals surface area (Å²) in [4.78, 5) is 11.3. The summed E-state index contributed by atoms with van der Waals surface area (Å²) >= 11 is 5.33. The van der Waals surface area contributed by atoms with Gasteiger partial charge in [0.25, 0.3) is 0 Å². The summed E-state index contributed by atoms with van der Waals surface area (Å²) in [6, 6.07) is 4.33. The lowest BCUT2D eigenvalue weighted by Crippen LogP contribution is -2.07. The second-order valence-corrected chi connectivity index (χ2v) is 3.32. The number of rotatable bonds is 3. The highest BCUT2D eigenvalue weighted by molar-refractivity contribution is 6.19. The lowest BCUT2D eigenvalue weighted by molar-refractivity contribution is -0.137. The van der Waals surface area contributed by atoms with E-state index in [0.29, 0.717) is 0 Å². The van der Waals surface area contributed by atoms with Gasteiger partial charge in [0.05, 0.1) is 5.56 Å². The van der Waals surface area contributed by atoms with Gasteiger partial charge in [-0.3, -0.25) is 4.79 Å². The fourth-order valence-electron chi connectivity index (χ4n) is 1.10. The molecule has 0 amide bonds. The Bertz CT molecular complexity index is 360. The first-order chi connectivity index (χ1) is 6.95. The lowest BCUT2D eigenvalue weighted by Gasteiger charge is -2.07. The summed E-state index contributed by atoms with van der Waals surface area (Å²) in [6.07, 6.45) is -4.37. The van der Waals surface area contributed by atoms with E-state index in [0.717, 1.165) is 12.1 Å². The normalized spacial score (nSPS) is 11.5. The molecule has 1 aromatic rings. The van der Waals surface area contributed by atoms with Gasteiger partial charge in [0.1, 0.15) is 0 Å². The third-order valence-corrected chi connectivity index (χ3v) is 2.02. The maximum Gasteiger partial charge on any atom is 0.416 e. The van der Waals surface area contributed by atoms with E-state index in [-0.39, 0.29) is 23.6 Å². The molecule has 0 atom stereocenters. The molecule has 5 heteroatoms. The summed E-state index contributed by atoms with van der Waals surface area (Å²) < 4.78 is 36.8. The van der Waals surface area contributed by atoms with Crippen molar-refractivity contribution in [3.63, 3.8) is 0 Å². The van der Waals surface area contributed by atoms with Crippen molar-refractivity contribution < 1.29 is 18.0 Å². The Kier molecular flexibility index (Phi) is 3.74. The minimum absolute atomic E-state index is 0.0445. The molecule has 0 heterocycles. The third kappa shape index (κ3) is 3.23. The van der Waals surface area contributed by atoms with E-state index >= 15 is 0 Å². The molecular formula is C10H8ClF3O. The number of benzene rings is 1. The number of hydrogen-bond acceptors (Lipinski definition) is 1. The highest BCUT2D eigenvalue weighted by Gasteiger charge is 2.30. The number of halogens is 4. The van der Waals surface area contributed by atoms with E-state index < -0.39 is 11.7 Å². The molecule has 1 rings (SSSR count). The predicted octanol–water partition coefficient (Wildman–Crippen LogP) is 3.52. The van der Waals surface area contributed by atoms with Crippen LogP contribution in [0, 0.1) is 0 Å². The SMILES string of the molecule is O=C(CCCl)c1cccc(C(F)(F)F)c1. The summed E-state index contributed by atoms with van der Waals surface area (Å²) in [5.74, 6) is -0.272. The number of Topliss-reactive ketones (excluding diaryl/α,β-unsaturated/α-hetero) is 1. The molecule has 0 saturated carbocycles. The van der Waals surface area contributed by atoms with E-state index in [1.54, 1.807) is 0 Å². The Hall–Kier alpha value is -1.03. The van der Waals surface area contributed by atoms with Gasteiger partial charge in [0.15, 0.2) is 5.78 Å². The first-order valence-electron chi connectivity index (χ1n) is 4.21. The van der Waals surface area contributed by atoms with Crippen molar-refractivity contribution in [2.45, 2.75) is 12.6 Å². The first kappa shape index (κ1) is 12.0. The van der Waals surface area contributed by atoms with E-state index in [1.165, 1.54) is 12.1 Å². The van der Waals surface area contributed by atoms with E-state index in [1.807, 2.05) is 0 Å². The largest absolute Gasteiger partial charge is 0.416 e. The monoisotopic (exact) mass is 236 g/mol. The van der Waals surface area contributed by atoms with Crippen LogP contribution in [0.3, 0.4) is 0 Å². The fourth-order valence-corrected chi connectivity index (χ4v) is 1.27. The van der Waals surface area contributed by atoms with E-state index in [4.69, 9.17) is 11.6 Å². The van der Waals surface area contributed by atoms with Gasteiger partial charge in [-0.25, -0.2) is 0 Å². The topological polar surface area (TPSA) is 17.1 Å². The van der Waals surface area contributed by atoms with Crippen molar-refractivity contribution >= 4 is 17.4 Å². The van der Waals surface area contributed by atoms with Gasteiger partial charge in [0.2, 0.25) is 0 Å². The Morgan fingerprint density at radius 3 is 2.53 bits per heavy atom. The zero-order valence-electron chi connectivity index (χ0n) is 7.64. The van der Waals surface area contributed by atoms with Gasteiger partial charge in [-0.05, 0) is 12.1 Å². The van der Waals surface area contributed by atoms with Gasteiger partial charge >= 0.3 is 6.18 Å². The molecule has 1 aromatic carbocycles. The van der Waals surface area contributed by atoms with E-state index in [9.17, 15) is 18.0 Å². The summed E-state index contributed by atoms with van der Waals surface area (Å²) in [5, 5.41) is 0. The molecule has 0 spiro atoms. The van der Waals surface area contributed by atoms with Crippen LogP contribution < -0.4 is 0 Å². The maximum atomic E-state index is 12.3. The molecule has 1 nitrogen and oxygen atoms in total. The highest BCUT2D eigenvalue weighted by atomic mass is 35.5. The van der Waals surface area contributed by atoms with Crippen LogP contribution in [-0.4, -0.2) is 11.7 Å². The van der Waals surface area contributed by atoms with Gasteiger partial charge in [0, 0.05) is 17.9 Å². The van der Waals surface area contributed by atoms with Crippen LogP contribution in [0.2, 0.25) is 0 Å². The first-order valence-corrected chi connectivity index (χ1v) is 4.75. The van der Waals surface area contributed by atoms with Crippen molar-refractivity contribution in [3.8, 4) is 0 Å². The minimum atomic E-state index is -4.42. The predicted molar refractivity (Wildman–Crippen MR) is 51.1 cm³/mol. The Morgan fingerprint density at radius 1 is 1.33 bits per heavy atom. The van der Waals surface area contributed by atoms with Crippen LogP contribution in [0.25, 0.3) is 0 Å². The molecule has 0 unspecified atom stereocenters. The number of carbonyl (C=O) groups is 1. The molecule has 0 radical (unpaired) electrons. The van der Waals surface area contributed by atoms with Gasteiger partial charge < -0.3 is 0 Å². The Labute approximate surface area is 89.9 Å². The third-order valence-electron chi connectivity index (χ3n) is 1.83. The minimum Gasteiger partial charge on any atom is -0.294 e. The van der Waals surface area contributed by atoms with Gasteiger partial charge in [-0.1, -0.05) is 12.1 Å². The number of carbonyl (C=O) groups excluding carboxylic acids is 1. The van der Waals surface area contributed by atoms with E-state index in [2.05, 4.69) is 0 Å². The number of ketones is 1. The molecule has 82 valence electrons. The second-order valence-electron chi connectivity index (χ2n) is 2.94. The molecule has 0 N–H and O–H groups in total. The van der Waals surface area contributed by atoms with Crippen molar-refractivity contribution in [2.24, 2.45) is 0 Å².